The van der Waals surface area contributed by atoms with Crippen molar-refractivity contribution in [2.75, 3.05) is 17.6 Å². The number of H-pyrrole nitrogens is 1. The van der Waals surface area contributed by atoms with E-state index in [-0.39, 0.29) is 24.1 Å². The lowest BCUT2D eigenvalue weighted by Crippen LogP contribution is -2.49. The molecule has 1 atom stereocenters. The van der Waals surface area contributed by atoms with Gasteiger partial charge in [0.15, 0.2) is 0 Å². The molecule has 0 aliphatic rings. The number of anilines is 2. The van der Waals surface area contributed by atoms with Crippen molar-refractivity contribution in [1.82, 2.24) is 20.1 Å². The third-order valence-electron chi connectivity index (χ3n) is 6.23. The minimum Gasteiger partial charge on any atom is -0.508 e. The molecule has 0 fully saturated rings. The number of nitrogens with zero attached hydrogens (tertiary/aromatic N) is 3. The second kappa shape index (κ2) is 12.4. The molecular weight excluding hydrogens is 482 g/mol. The molecule has 0 unspecified atom stereocenters. The minimum absolute atomic E-state index is 0.114. The monoisotopic (exact) mass is 513 g/mol. The fraction of sp³-hybridized carbons (Fsp3) is 0.214. The number of carbonyl (C=O) groups is 2. The number of rotatable bonds is 12. The highest BCUT2D eigenvalue weighted by Crippen LogP contribution is 2.29. The smallest absolute Gasteiger partial charge is 0.243 e. The normalized spacial score (nSPS) is 11.7. The lowest BCUT2D eigenvalue weighted by Gasteiger charge is -2.33. The first-order chi connectivity index (χ1) is 18.4. The average Bonchev–Trinajstić information content (AvgIpc) is 3.34. The summed E-state index contributed by atoms with van der Waals surface area (Å²) in [5.74, 6) is -0.813. The van der Waals surface area contributed by atoms with E-state index in [9.17, 15) is 14.7 Å². The first-order valence-corrected chi connectivity index (χ1v) is 12.3. The van der Waals surface area contributed by atoms with Gasteiger partial charge in [-0.25, -0.2) is 5.10 Å². The van der Waals surface area contributed by atoms with Gasteiger partial charge in [0, 0.05) is 13.1 Å². The van der Waals surface area contributed by atoms with Crippen LogP contribution in [-0.2, 0) is 16.1 Å². The number of benzene rings is 3. The number of nitrogen functional groups attached to an aromatic ring is 1. The Labute approximate surface area is 220 Å². The van der Waals surface area contributed by atoms with Gasteiger partial charge < -0.3 is 26.8 Å². The molecule has 196 valence electrons. The van der Waals surface area contributed by atoms with Gasteiger partial charge in [0.1, 0.15) is 11.8 Å². The molecule has 2 amide bonds. The molecule has 0 saturated carbocycles. The summed E-state index contributed by atoms with van der Waals surface area (Å²) in [6.45, 7) is 0.594. The molecule has 4 rings (SSSR count). The Balaban J connectivity index is 1.63. The van der Waals surface area contributed by atoms with Crippen molar-refractivity contribution < 1.29 is 14.7 Å². The number of nitrogens with one attached hydrogen (secondary N) is 2. The van der Waals surface area contributed by atoms with Crippen molar-refractivity contribution in [2.45, 2.75) is 31.3 Å². The Morgan fingerprint density at radius 2 is 1.55 bits per heavy atom. The number of hydrogen-bond acceptors (Lipinski definition) is 7. The summed E-state index contributed by atoms with van der Waals surface area (Å²) in [7, 11) is 0. The van der Waals surface area contributed by atoms with E-state index in [4.69, 9.17) is 11.5 Å². The first-order valence-electron chi connectivity index (χ1n) is 12.3. The van der Waals surface area contributed by atoms with Crippen molar-refractivity contribution >= 4 is 23.7 Å². The number of amides is 2. The molecule has 0 spiro atoms. The summed E-state index contributed by atoms with van der Waals surface area (Å²) in [6.07, 6.45) is 0.838. The highest BCUT2D eigenvalue weighted by molar-refractivity contribution is 5.92. The summed E-state index contributed by atoms with van der Waals surface area (Å²) >= 11 is 0. The van der Waals surface area contributed by atoms with Crippen LogP contribution in [0.4, 0.5) is 11.9 Å². The first kappa shape index (κ1) is 26.2. The number of nitrogens with two attached hydrogens (primary N) is 2. The van der Waals surface area contributed by atoms with Crippen molar-refractivity contribution in [3.63, 3.8) is 0 Å². The van der Waals surface area contributed by atoms with Gasteiger partial charge >= 0.3 is 0 Å². The molecule has 3 aromatic carbocycles. The van der Waals surface area contributed by atoms with E-state index >= 15 is 0 Å². The van der Waals surface area contributed by atoms with Crippen LogP contribution in [0.1, 0.15) is 35.4 Å². The summed E-state index contributed by atoms with van der Waals surface area (Å²) in [5.41, 5.74) is 13.8. The Bertz CT molecular complexity index is 1290. The number of aromatic amines is 1. The van der Waals surface area contributed by atoms with Crippen LogP contribution in [0.3, 0.4) is 0 Å². The van der Waals surface area contributed by atoms with Gasteiger partial charge in [-0.1, -0.05) is 72.8 Å². The van der Waals surface area contributed by atoms with Crippen LogP contribution in [0, 0.1) is 0 Å². The third kappa shape index (κ3) is 6.67. The quantitative estimate of drug-likeness (QED) is 0.182. The molecule has 1 aromatic heterocycles. The van der Waals surface area contributed by atoms with E-state index in [1.807, 2.05) is 60.7 Å². The van der Waals surface area contributed by atoms with Crippen LogP contribution in [0.15, 0.2) is 84.9 Å². The second-order valence-electron chi connectivity index (χ2n) is 8.92. The fourth-order valence-corrected chi connectivity index (χ4v) is 4.37. The predicted octanol–water partition coefficient (Wildman–Crippen LogP) is 3.00. The van der Waals surface area contributed by atoms with E-state index in [1.54, 1.807) is 29.2 Å². The molecule has 0 aliphatic heterocycles. The molecule has 0 bridgehead atoms. The van der Waals surface area contributed by atoms with Gasteiger partial charge in [-0.2, -0.15) is 4.98 Å². The van der Waals surface area contributed by atoms with E-state index < -0.39 is 17.9 Å². The van der Waals surface area contributed by atoms with Gasteiger partial charge in [-0.15, -0.1) is 5.10 Å². The summed E-state index contributed by atoms with van der Waals surface area (Å²) in [5, 5.41) is 19.3. The zero-order valence-corrected chi connectivity index (χ0v) is 20.8. The molecule has 10 heteroatoms. The Morgan fingerprint density at radius 1 is 0.947 bits per heavy atom. The Morgan fingerprint density at radius 3 is 2.08 bits per heavy atom. The third-order valence-corrected chi connectivity index (χ3v) is 6.23. The maximum atomic E-state index is 14.3. The van der Waals surface area contributed by atoms with Crippen LogP contribution in [-0.4, -0.2) is 49.6 Å². The summed E-state index contributed by atoms with van der Waals surface area (Å²) < 4.78 is 0. The maximum Gasteiger partial charge on any atom is 0.243 e. The summed E-state index contributed by atoms with van der Waals surface area (Å²) in [6, 6.07) is 24.6. The van der Waals surface area contributed by atoms with Crippen LogP contribution < -0.4 is 16.8 Å². The molecule has 0 saturated heterocycles. The van der Waals surface area contributed by atoms with Crippen molar-refractivity contribution in [2.24, 2.45) is 5.73 Å². The van der Waals surface area contributed by atoms with Gasteiger partial charge in [0.05, 0.1) is 5.92 Å². The molecule has 38 heavy (non-hydrogen) atoms. The second-order valence-corrected chi connectivity index (χ2v) is 8.92. The molecule has 0 radical (unpaired) electrons. The zero-order chi connectivity index (χ0) is 26.9. The molecule has 7 N–H and O–H groups in total. The maximum absolute atomic E-state index is 14.3. The van der Waals surface area contributed by atoms with E-state index in [2.05, 4.69) is 20.5 Å². The molecule has 10 nitrogen and oxygen atoms in total. The van der Waals surface area contributed by atoms with E-state index in [0.29, 0.717) is 25.3 Å². The largest absolute Gasteiger partial charge is 0.508 e. The number of phenols is 1. The highest BCUT2D eigenvalue weighted by atomic mass is 16.3. The summed E-state index contributed by atoms with van der Waals surface area (Å²) in [4.78, 5) is 32.7. The molecular formula is C28H31N7O3. The average molecular weight is 514 g/mol. The van der Waals surface area contributed by atoms with Crippen LogP contribution in [0.2, 0.25) is 0 Å². The van der Waals surface area contributed by atoms with Crippen molar-refractivity contribution in [1.29, 1.82) is 0 Å². The van der Waals surface area contributed by atoms with Crippen LogP contribution in [0.5, 0.6) is 5.75 Å². The van der Waals surface area contributed by atoms with Gasteiger partial charge in [0.2, 0.25) is 23.7 Å². The number of carbonyl (C=O) groups excluding carboxylic acids is 2. The van der Waals surface area contributed by atoms with Gasteiger partial charge in [0.25, 0.3) is 0 Å². The molecule has 0 aliphatic carbocycles. The Hall–Kier alpha value is -4.86. The van der Waals surface area contributed by atoms with Crippen molar-refractivity contribution in [3.8, 4) is 5.75 Å². The standard InChI is InChI=1S/C28H31N7O3/c29-25(37)23(12-7-17-31-28-32-27(30)33-34-28)35(18-19-13-15-22(36)16-14-19)26(38)24(20-8-3-1-4-9-20)21-10-5-2-6-11-21/h1-6,8-11,13-16,23-24,36H,7,12,17-18H2,(H2,29,37)(H4,30,31,32,33,34)/t23-/m1/s1. The topological polar surface area (TPSA) is 163 Å². The van der Waals surface area contributed by atoms with Gasteiger partial charge in [-0.3, -0.25) is 9.59 Å². The van der Waals surface area contributed by atoms with Crippen LogP contribution >= 0.6 is 0 Å². The lowest BCUT2D eigenvalue weighted by molar-refractivity contribution is -0.140. The van der Waals surface area contributed by atoms with Crippen molar-refractivity contribution in [3.05, 3.63) is 102 Å². The molecule has 1 heterocycles. The number of aromatic hydroxyl groups is 1. The number of hydrogen-bond donors (Lipinski definition) is 5. The zero-order valence-electron chi connectivity index (χ0n) is 20.8. The SMILES string of the molecule is NC(=O)[C@@H](CCCNc1n[nH]c(N)n1)N(Cc1ccc(O)cc1)C(=O)C(c1ccccc1)c1ccccc1. The number of phenolic OH excluding ortho intramolecular Hbond substituents is 1. The van der Waals surface area contributed by atoms with E-state index in [1.165, 1.54) is 0 Å². The number of primary amides is 1. The lowest BCUT2D eigenvalue weighted by atomic mass is 9.89. The van der Waals surface area contributed by atoms with Crippen LogP contribution in [0.25, 0.3) is 0 Å². The van der Waals surface area contributed by atoms with Gasteiger partial charge in [-0.05, 0) is 41.7 Å². The predicted molar refractivity (Wildman–Crippen MR) is 145 cm³/mol. The molecule has 4 aromatic rings. The number of aromatic nitrogens is 3. The fourth-order valence-electron chi connectivity index (χ4n) is 4.37. The minimum atomic E-state index is -0.870. The highest BCUT2D eigenvalue weighted by Gasteiger charge is 2.34. The van der Waals surface area contributed by atoms with E-state index in [0.717, 1.165) is 16.7 Å². The Kier molecular flexibility index (Phi) is 8.55.